The third kappa shape index (κ3) is 3.47. The van der Waals surface area contributed by atoms with Crippen LogP contribution in [0.1, 0.15) is 19.8 Å². The van der Waals surface area contributed by atoms with Crippen molar-refractivity contribution in [3.8, 4) is 0 Å². The van der Waals surface area contributed by atoms with Gasteiger partial charge in [0.05, 0.1) is 0 Å². The van der Waals surface area contributed by atoms with Crippen molar-refractivity contribution in [3.63, 3.8) is 0 Å². The van der Waals surface area contributed by atoms with E-state index < -0.39 is 0 Å². The normalized spacial score (nSPS) is 23.9. The Hall–Kier alpha value is -1.55. The zero-order chi connectivity index (χ0) is 13.7. The molecule has 1 amide bonds. The van der Waals surface area contributed by atoms with Crippen molar-refractivity contribution < 1.29 is 4.79 Å². The van der Waals surface area contributed by atoms with Gasteiger partial charge in [-0.2, -0.15) is 0 Å². The van der Waals surface area contributed by atoms with E-state index in [0.717, 1.165) is 31.6 Å². The molecule has 1 aromatic rings. The van der Waals surface area contributed by atoms with Gasteiger partial charge in [0.1, 0.15) is 6.04 Å². The number of hydrogen-bond donors (Lipinski definition) is 2. The summed E-state index contributed by atoms with van der Waals surface area (Å²) in [5, 5.41) is 6.22. The molecule has 0 saturated carbocycles. The lowest BCUT2D eigenvalue weighted by Gasteiger charge is -2.30. The molecule has 4 heteroatoms. The molecule has 0 aromatic heterocycles. The topological polar surface area (TPSA) is 44.4 Å². The summed E-state index contributed by atoms with van der Waals surface area (Å²) < 4.78 is 0. The second-order valence-corrected chi connectivity index (χ2v) is 5.14. The van der Waals surface area contributed by atoms with E-state index in [0.29, 0.717) is 0 Å². The van der Waals surface area contributed by atoms with Crippen LogP contribution in [0, 0.1) is 0 Å². The Morgan fingerprint density at radius 2 is 2.11 bits per heavy atom. The fraction of sp³-hybridized carbons (Fsp3) is 0.533. The number of para-hydroxylation sites is 1. The molecule has 19 heavy (non-hydrogen) atoms. The molecule has 4 nitrogen and oxygen atoms in total. The molecule has 0 aliphatic carbocycles. The van der Waals surface area contributed by atoms with Crippen LogP contribution in [-0.2, 0) is 4.79 Å². The van der Waals surface area contributed by atoms with Crippen LogP contribution in [-0.4, -0.2) is 38.1 Å². The number of nitrogens with one attached hydrogen (secondary N) is 2. The van der Waals surface area contributed by atoms with E-state index >= 15 is 0 Å². The van der Waals surface area contributed by atoms with E-state index in [4.69, 9.17) is 0 Å². The maximum atomic E-state index is 12.3. The monoisotopic (exact) mass is 261 g/mol. The summed E-state index contributed by atoms with van der Waals surface area (Å²) in [4.78, 5) is 14.6. The summed E-state index contributed by atoms with van der Waals surface area (Å²) in [7, 11) is 1.92. The van der Waals surface area contributed by atoms with Gasteiger partial charge in [-0.3, -0.25) is 4.79 Å². The van der Waals surface area contributed by atoms with Crippen LogP contribution in [0.15, 0.2) is 30.3 Å². The molecular weight excluding hydrogens is 238 g/mol. The van der Waals surface area contributed by atoms with Gasteiger partial charge in [0.2, 0.25) is 5.91 Å². The summed E-state index contributed by atoms with van der Waals surface area (Å²) in [5.74, 6) is 0.143. The minimum atomic E-state index is -0.0835. The summed E-state index contributed by atoms with van der Waals surface area (Å²) >= 11 is 0. The summed E-state index contributed by atoms with van der Waals surface area (Å²) in [6.45, 7) is 3.83. The van der Waals surface area contributed by atoms with Gasteiger partial charge in [-0.15, -0.1) is 0 Å². The highest BCUT2D eigenvalue weighted by Crippen LogP contribution is 2.21. The minimum absolute atomic E-state index is 0.0835. The van der Waals surface area contributed by atoms with Gasteiger partial charge in [0.25, 0.3) is 0 Å². The predicted molar refractivity (Wildman–Crippen MR) is 78.3 cm³/mol. The van der Waals surface area contributed by atoms with Crippen molar-refractivity contribution in [2.24, 2.45) is 0 Å². The third-order valence-corrected chi connectivity index (χ3v) is 3.63. The van der Waals surface area contributed by atoms with Crippen LogP contribution in [0.2, 0.25) is 0 Å². The maximum absolute atomic E-state index is 12.3. The first kappa shape index (κ1) is 13.9. The summed E-state index contributed by atoms with van der Waals surface area (Å²) in [6, 6.07) is 10.4. The van der Waals surface area contributed by atoms with Crippen LogP contribution in [0.4, 0.5) is 5.69 Å². The van der Waals surface area contributed by atoms with Crippen LogP contribution in [0.5, 0.6) is 0 Å². The number of nitrogens with zero attached hydrogens (tertiary/aromatic N) is 1. The molecule has 0 bridgehead atoms. The highest BCUT2D eigenvalue weighted by molar-refractivity contribution is 5.86. The lowest BCUT2D eigenvalue weighted by Crippen LogP contribution is -2.46. The van der Waals surface area contributed by atoms with E-state index in [9.17, 15) is 4.79 Å². The van der Waals surface area contributed by atoms with E-state index in [1.54, 1.807) is 0 Å². The fourth-order valence-corrected chi connectivity index (χ4v) is 2.54. The Balaban J connectivity index is 2.22. The summed E-state index contributed by atoms with van der Waals surface area (Å²) in [6.07, 6.45) is 1.81. The Morgan fingerprint density at radius 1 is 1.37 bits per heavy atom. The first-order valence-corrected chi connectivity index (χ1v) is 6.99. The van der Waals surface area contributed by atoms with Crippen molar-refractivity contribution in [3.05, 3.63) is 30.3 Å². The first-order chi connectivity index (χ1) is 9.22. The molecule has 0 radical (unpaired) electrons. The molecular formula is C15H23N3O. The number of rotatable bonds is 4. The number of amides is 1. The summed E-state index contributed by atoms with van der Waals surface area (Å²) in [5.41, 5.74) is 1.13. The van der Waals surface area contributed by atoms with Crippen molar-refractivity contribution in [1.82, 2.24) is 10.6 Å². The highest BCUT2D eigenvalue weighted by atomic mass is 16.2. The lowest BCUT2D eigenvalue weighted by atomic mass is 10.1. The number of carbonyl (C=O) groups excluding carboxylic acids is 1. The van der Waals surface area contributed by atoms with Gasteiger partial charge in [-0.05, 0) is 45.5 Å². The van der Waals surface area contributed by atoms with E-state index in [-0.39, 0.29) is 18.0 Å². The number of hydrogen-bond acceptors (Lipinski definition) is 3. The van der Waals surface area contributed by atoms with E-state index in [1.807, 2.05) is 25.2 Å². The van der Waals surface area contributed by atoms with Gasteiger partial charge >= 0.3 is 0 Å². The number of anilines is 1. The maximum Gasteiger partial charge on any atom is 0.242 e. The molecule has 2 unspecified atom stereocenters. The van der Waals surface area contributed by atoms with Crippen LogP contribution in [0.25, 0.3) is 0 Å². The predicted octanol–water partition coefficient (Wildman–Crippen LogP) is 1.38. The van der Waals surface area contributed by atoms with Crippen molar-refractivity contribution >= 4 is 11.6 Å². The second-order valence-electron chi connectivity index (χ2n) is 5.14. The Labute approximate surface area is 115 Å². The number of carbonyl (C=O) groups is 1. The number of benzene rings is 1. The van der Waals surface area contributed by atoms with Crippen molar-refractivity contribution in [2.75, 3.05) is 25.0 Å². The molecule has 1 aromatic carbocycles. The molecule has 104 valence electrons. The van der Waals surface area contributed by atoms with Crippen molar-refractivity contribution in [2.45, 2.75) is 31.8 Å². The van der Waals surface area contributed by atoms with E-state index in [2.05, 4.69) is 34.6 Å². The first-order valence-electron chi connectivity index (χ1n) is 6.99. The molecule has 1 saturated heterocycles. The lowest BCUT2D eigenvalue weighted by molar-refractivity contribution is -0.122. The Kier molecular flexibility index (Phi) is 4.80. The zero-order valence-corrected chi connectivity index (χ0v) is 11.7. The van der Waals surface area contributed by atoms with Gasteiger partial charge in [-0.25, -0.2) is 0 Å². The molecule has 1 heterocycles. The van der Waals surface area contributed by atoms with Gasteiger partial charge in [0, 0.05) is 18.3 Å². The van der Waals surface area contributed by atoms with Crippen LogP contribution in [0.3, 0.4) is 0 Å². The molecule has 1 fully saturated rings. The third-order valence-electron chi connectivity index (χ3n) is 3.63. The van der Waals surface area contributed by atoms with Gasteiger partial charge in [-0.1, -0.05) is 18.2 Å². The second kappa shape index (κ2) is 6.57. The van der Waals surface area contributed by atoms with Crippen LogP contribution >= 0.6 is 0 Å². The smallest absolute Gasteiger partial charge is 0.242 e. The van der Waals surface area contributed by atoms with E-state index in [1.165, 1.54) is 0 Å². The Morgan fingerprint density at radius 3 is 2.79 bits per heavy atom. The largest absolute Gasteiger partial charge is 0.359 e. The Bertz CT molecular complexity index is 407. The standard InChI is InChI=1S/C15H23N3O/c1-12-9-11-18(13-6-4-3-5-7-13)14(8-10-16-2)15(19)17-12/h3-7,12,14,16H,8-11H2,1-2H3,(H,17,19). The molecule has 0 spiro atoms. The van der Waals surface area contributed by atoms with Gasteiger partial charge in [0.15, 0.2) is 0 Å². The molecule has 1 aliphatic rings. The highest BCUT2D eigenvalue weighted by Gasteiger charge is 2.29. The quantitative estimate of drug-likeness (QED) is 0.860. The molecule has 1 aliphatic heterocycles. The van der Waals surface area contributed by atoms with Gasteiger partial charge < -0.3 is 15.5 Å². The van der Waals surface area contributed by atoms with Crippen molar-refractivity contribution in [1.29, 1.82) is 0 Å². The molecule has 2 rings (SSSR count). The SMILES string of the molecule is CNCCC1C(=O)NC(C)CCN1c1ccccc1. The average Bonchev–Trinajstić information content (AvgIpc) is 2.56. The zero-order valence-electron chi connectivity index (χ0n) is 11.7. The average molecular weight is 261 g/mol. The minimum Gasteiger partial charge on any atom is -0.359 e. The van der Waals surface area contributed by atoms with Crippen LogP contribution < -0.4 is 15.5 Å². The molecule has 2 N–H and O–H groups in total. The molecule has 2 atom stereocenters. The fourth-order valence-electron chi connectivity index (χ4n) is 2.54.